The first kappa shape index (κ1) is 24.4. The van der Waals surface area contributed by atoms with E-state index in [2.05, 4.69) is 9.47 Å². The third kappa shape index (κ3) is 6.83. The predicted molar refractivity (Wildman–Crippen MR) is 86.7 cm³/mol. The average molecular weight is 483 g/mol. The van der Waals surface area contributed by atoms with Crippen LogP contribution in [0, 0.1) is 17.5 Å². The van der Waals surface area contributed by atoms with Crippen molar-refractivity contribution in [3.8, 4) is 11.5 Å². The van der Waals surface area contributed by atoms with Crippen molar-refractivity contribution in [1.29, 1.82) is 0 Å². The fourth-order valence-electron chi connectivity index (χ4n) is 2.04. The topological polar surface area (TPSA) is 64.6 Å². The van der Waals surface area contributed by atoms with Gasteiger partial charge in [0.15, 0.2) is 30.7 Å². The number of alkyl halides is 6. The average Bonchev–Trinajstić information content (AvgIpc) is 2.64. The van der Waals surface area contributed by atoms with Crippen LogP contribution in [0.2, 0.25) is 0 Å². The molecular weight excluding hydrogens is 473 g/mol. The van der Waals surface area contributed by atoms with Gasteiger partial charge in [-0.2, -0.15) is 26.3 Å². The molecule has 2 aromatic carbocycles. The molecule has 2 aromatic rings. The van der Waals surface area contributed by atoms with E-state index in [1.807, 2.05) is 0 Å². The van der Waals surface area contributed by atoms with Gasteiger partial charge in [0.05, 0.1) is 5.69 Å². The van der Waals surface area contributed by atoms with Crippen LogP contribution < -0.4 is 14.2 Å². The quantitative estimate of drug-likeness (QED) is 0.455. The Morgan fingerprint density at radius 1 is 0.806 bits per heavy atom. The predicted octanol–water partition coefficient (Wildman–Crippen LogP) is 4.79. The molecule has 31 heavy (non-hydrogen) atoms. The van der Waals surface area contributed by atoms with Crippen LogP contribution >= 0.6 is 0 Å². The van der Waals surface area contributed by atoms with Crippen molar-refractivity contribution < 1.29 is 57.4 Å². The zero-order valence-corrected chi connectivity index (χ0v) is 15.6. The van der Waals surface area contributed by atoms with Crippen LogP contribution in [0.3, 0.4) is 0 Å². The molecular formula is C16H10F9NO4S. The van der Waals surface area contributed by atoms with E-state index >= 15 is 0 Å². The molecule has 0 aliphatic heterocycles. The fraction of sp³-hybridized carbons (Fsp3) is 0.250. The number of hydrogen-bond acceptors (Lipinski definition) is 4. The van der Waals surface area contributed by atoms with Crippen LogP contribution in [-0.4, -0.2) is 34.0 Å². The highest BCUT2D eigenvalue weighted by Crippen LogP contribution is 2.33. The summed E-state index contributed by atoms with van der Waals surface area (Å²) in [6.45, 7) is -3.84. The number of rotatable bonds is 7. The molecule has 2 rings (SSSR count). The Hall–Kier alpha value is -2.84. The van der Waals surface area contributed by atoms with Gasteiger partial charge in [-0.25, -0.2) is 21.6 Å². The summed E-state index contributed by atoms with van der Waals surface area (Å²) in [6.07, 6.45) is -9.73. The second kappa shape index (κ2) is 8.72. The smallest absolute Gasteiger partial charge is 0.422 e. The van der Waals surface area contributed by atoms with E-state index in [9.17, 15) is 47.9 Å². The molecule has 0 aliphatic carbocycles. The first-order valence-corrected chi connectivity index (χ1v) is 9.27. The Morgan fingerprint density at radius 2 is 1.39 bits per heavy atom. The second-order valence-corrected chi connectivity index (χ2v) is 7.40. The molecule has 0 fully saturated rings. The van der Waals surface area contributed by atoms with Crippen LogP contribution in [0.15, 0.2) is 35.2 Å². The van der Waals surface area contributed by atoms with Crippen molar-refractivity contribution in [3.05, 3.63) is 47.8 Å². The minimum Gasteiger partial charge on any atom is -0.484 e. The van der Waals surface area contributed by atoms with Gasteiger partial charge in [0.1, 0.15) is 16.4 Å². The zero-order valence-electron chi connectivity index (χ0n) is 14.7. The maximum Gasteiger partial charge on any atom is 0.422 e. The van der Waals surface area contributed by atoms with Crippen molar-refractivity contribution in [3.63, 3.8) is 0 Å². The number of nitrogens with one attached hydrogen (secondary N) is 1. The number of benzene rings is 2. The molecule has 5 nitrogen and oxygen atoms in total. The van der Waals surface area contributed by atoms with Crippen molar-refractivity contribution in [2.45, 2.75) is 17.2 Å². The molecule has 0 heterocycles. The lowest BCUT2D eigenvalue weighted by molar-refractivity contribution is -0.154. The summed E-state index contributed by atoms with van der Waals surface area (Å²) in [5, 5.41) is 0. The van der Waals surface area contributed by atoms with E-state index in [4.69, 9.17) is 0 Å². The molecule has 15 heteroatoms. The zero-order chi connectivity index (χ0) is 23.6. The van der Waals surface area contributed by atoms with Crippen LogP contribution in [0.4, 0.5) is 45.2 Å². The standard InChI is InChI=1S/C16H10F9NO4S/c17-9-2-3-10(14(19)13(9)18)26-31(27,28)12-5-8(29-6-15(20,21)22)1-4-11(12)30-7-16(23,24)25/h1-5,26H,6-7H2. The Bertz CT molecular complexity index is 1050. The summed E-state index contributed by atoms with van der Waals surface area (Å²) in [5.74, 6) is -7.38. The summed E-state index contributed by atoms with van der Waals surface area (Å²) in [5.41, 5.74) is -1.12. The molecule has 1 N–H and O–H groups in total. The fourth-order valence-corrected chi connectivity index (χ4v) is 3.26. The van der Waals surface area contributed by atoms with Gasteiger partial charge in [-0.1, -0.05) is 0 Å². The van der Waals surface area contributed by atoms with Gasteiger partial charge < -0.3 is 9.47 Å². The highest BCUT2D eigenvalue weighted by Gasteiger charge is 2.32. The first-order valence-electron chi connectivity index (χ1n) is 7.78. The Labute approximate surface area is 168 Å². The lowest BCUT2D eigenvalue weighted by atomic mass is 10.3. The molecule has 0 saturated carbocycles. The molecule has 0 bridgehead atoms. The third-order valence-corrected chi connectivity index (χ3v) is 4.66. The van der Waals surface area contributed by atoms with Crippen LogP contribution in [0.25, 0.3) is 0 Å². The summed E-state index contributed by atoms with van der Waals surface area (Å²) < 4.78 is 149. The van der Waals surface area contributed by atoms with Crippen molar-refractivity contribution >= 4 is 15.7 Å². The highest BCUT2D eigenvalue weighted by molar-refractivity contribution is 7.92. The van der Waals surface area contributed by atoms with Crippen molar-refractivity contribution in [2.75, 3.05) is 17.9 Å². The number of sulfonamides is 1. The molecule has 0 aromatic heterocycles. The Morgan fingerprint density at radius 3 is 1.97 bits per heavy atom. The van der Waals surface area contributed by atoms with Gasteiger partial charge >= 0.3 is 12.4 Å². The largest absolute Gasteiger partial charge is 0.484 e. The summed E-state index contributed by atoms with van der Waals surface area (Å²) in [6, 6.07) is 2.51. The van der Waals surface area contributed by atoms with Crippen LogP contribution in [0.1, 0.15) is 0 Å². The maximum absolute atomic E-state index is 13.8. The lowest BCUT2D eigenvalue weighted by Gasteiger charge is -2.16. The van der Waals surface area contributed by atoms with E-state index in [0.29, 0.717) is 30.3 Å². The van der Waals surface area contributed by atoms with Gasteiger partial charge in [0, 0.05) is 6.07 Å². The molecule has 0 unspecified atom stereocenters. The SMILES string of the molecule is O=S(=O)(Nc1ccc(F)c(F)c1F)c1cc(OCC(F)(F)F)ccc1OCC(F)(F)F. The number of ether oxygens (including phenoxy) is 2. The molecule has 0 saturated heterocycles. The van der Waals surface area contributed by atoms with Gasteiger partial charge in [0.2, 0.25) is 0 Å². The van der Waals surface area contributed by atoms with E-state index in [1.54, 1.807) is 0 Å². The van der Waals surface area contributed by atoms with Gasteiger partial charge in [-0.3, -0.25) is 4.72 Å². The molecule has 0 spiro atoms. The van der Waals surface area contributed by atoms with Crippen LogP contribution in [0.5, 0.6) is 11.5 Å². The minimum absolute atomic E-state index is 0.361. The van der Waals surface area contributed by atoms with E-state index in [-0.39, 0.29) is 0 Å². The number of halogens is 9. The third-order valence-electron chi connectivity index (χ3n) is 3.28. The lowest BCUT2D eigenvalue weighted by Crippen LogP contribution is -2.22. The van der Waals surface area contributed by atoms with Crippen molar-refractivity contribution in [2.24, 2.45) is 0 Å². The minimum atomic E-state index is -5.07. The van der Waals surface area contributed by atoms with Crippen molar-refractivity contribution in [1.82, 2.24) is 0 Å². The molecule has 0 amide bonds. The summed E-state index contributed by atoms with van der Waals surface area (Å²) >= 11 is 0. The second-order valence-electron chi connectivity index (χ2n) is 5.74. The summed E-state index contributed by atoms with van der Waals surface area (Å²) in [4.78, 5) is -1.18. The molecule has 172 valence electrons. The summed E-state index contributed by atoms with van der Waals surface area (Å²) in [7, 11) is -5.07. The molecule has 0 atom stereocenters. The number of anilines is 1. The van der Waals surface area contributed by atoms with Crippen LogP contribution in [-0.2, 0) is 10.0 Å². The van der Waals surface area contributed by atoms with E-state index in [1.165, 1.54) is 4.72 Å². The maximum atomic E-state index is 13.8. The first-order chi connectivity index (χ1) is 14.1. The van der Waals surface area contributed by atoms with E-state index in [0.717, 1.165) is 0 Å². The monoisotopic (exact) mass is 483 g/mol. The van der Waals surface area contributed by atoms with Gasteiger partial charge in [0.25, 0.3) is 10.0 Å². The van der Waals surface area contributed by atoms with E-state index < -0.39 is 75.1 Å². The highest BCUT2D eigenvalue weighted by atomic mass is 32.2. The number of hydrogen-bond donors (Lipinski definition) is 1. The van der Waals surface area contributed by atoms with Gasteiger partial charge in [-0.15, -0.1) is 0 Å². The Kier molecular flexibility index (Phi) is 6.87. The van der Waals surface area contributed by atoms with Gasteiger partial charge in [-0.05, 0) is 24.3 Å². The normalized spacial score (nSPS) is 12.5. The molecule has 0 aliphatic rings. The Balaban J connectivity index is 2.46. The molecule has 0 radical (unpaired) electrons.